The highest BCUT2D eigenvalue weighted by molar-refractivity contribution is 4.82. The van der Waals surface area contributed by atoms with Gasteiger partial charge in [0, 0.05) is 0 Å². The predicted molar refractivity (Wildman–Crippen MR) is 98.6 cm³/mol. The molecule has 0 bridgehead atoms. The lowest BCUT2D eigenvalue weighted by atomic mass is 9.68. The lowest BCUT2D eigenvalue weighted by Gasteiger charge is -2.38. The fraction of sp³-hybridized carbons (Fsp3) is 1.00. The maximum atomic E-state index is 5.33. The fourth-order valence-corrected chi connectivity index (χ4v) is 5.45. The second-order valence-electron chi connectivity index (χ2n) is 8.94. The van der Waals surface area contributed by atoms with Crippen LogP contribution in [-0.2, 0) is 4.74 Å². The Kier molecular flexibility index (Phi) is 7.30. The van der Waals surface area contributed by atoms with E-state index in [4.69, 9.17) is 4.74 Å². The Morgan fingerprint density at radius 2 is 1.17 bits per heavy atom. The average Bonchev–Trinajstić information content (AvgIpc) is 3.41. The Morgan fingerprint density at radius 1 is 0.652 bits per heavy atom. The zero-order valence-electron chi connectivity index (χ0n) is 15.6. The summed E-state index contributed by atoms with van der Waals surface area (Å²) < 4.78 is 5.33. The summed E-state index contributed by atoms with van der Waals surface area (Å²) in [5, 5.41) is 0. The van der Waals surface area contributed by atoms with E-state index in [0.717, 1.165) is 30.3 Å². The number of ether oxygens (including phenoxy) is 1. The van der Waals surface area contributed by atoms with Gasteiger partial charge in [-0.3, -0.25) is 0 Å². The van der Waals surface area contributed by atoms with Crippen molar-refractivity contribution in [3.8, 4) is 0 Å². The van der Waals surface area contributed by atoms with Crippen molar-refractivity contribution in [1.29, 1.82) is 0 Å². The molecule has 134 valence electrons. The summed E-state index contributed by atoms with van der Waals surface area (Å²) >= 11 is 0. The summed E-state index contributed by atoms with van der Waals surface area (Å²) in [7, 11) is 0. The van der Waals surface area contributed by atoms with Gasteiger partial charge in [-0.2, -0.15) is 0 Å². The van der Waals surface area contributed by atoms with E-state index >= 15 is 0 Å². The second-order valence-corrected chi connectivity index (χ2v) is 8.94. The molecule has 2 aliphatic carbocycles. The van der Waals surface area contributed by atoms with Crippen LogP contribution in [0.4, 0.5) is 0 Å². The quantitative estimate of drug-likeness (QED) is 0.338. The predicted octanol–water partition coefficient (Wildman–Crippen LogP) is 6.75. The average molecular weight is 321 g/mol. The first-order valence-corrected chi connectivity index (χ1v) is 11.0. The lowest BCUT2D eigenvalue weighted by molar-refractivity contribution is 0.139. The van der Waals surface area contributed by atoms with E-state index in [2.05, 4.69) is 6.92 Å². The smallest absolute Gasteiger partial charge is 0.0810 e. The van der Waals surface area contributed by atoms with Crippen molar-refractivity contribution in [3.63, 3.8) is 0 Å². The molecule has 0 amide bonds. The summed E-state index contributed by atoms with van der Waals surface area (Å²) in [4.78, 5) is 0. The van der Waals surface area contributed by atoms with Crippen LogP contribution in [0.5, 0.6) is 0 Å². The zero-order chi connectivity index (χ0) is 15.9. The van der Waals surface area contributed by atoms with Gasteiger partial charge < -0.3 is 4.74 Å². The normalized spacial score (nSPS) is 37.7. The number of hydrogen-bond acceptors (Lipinski definition) is 1. The van der Waals surface area contributed by atoms with Gasteiger partial charge in [0.25, 0.3) is 0 Å². The Hall–Kier alpha value is -0.0400. The molecular formula is C22H40O. The third-order valence-corrected chi connectivity index (χ3v) is 7.21. The van der Waals surface area contributed by atoms with Gasteiger partial charge in [0.1, 0.15) is 0 Å². The van der Waals surface area contributed by atoms with E-state index in [1.165, 1.54) is 57.8 Å². The van der Waals surface area contributed by atoms with Crippen LogP contribution < -0.4 is 0 Å². The standard InChI is InChI=1S/C22H40O/c1-2-3-4-6-18-9-13-20(14-10-18)21-15-11-19(12-16-21)7-5-8-22-17-23-22/h18-22H,2-17H2,1H3. The molecule has 1 unspecified atom stereocenters. The summed E-state index contributed by atoms with van der Waals surface area (Å²) in [6, 6.07) is 0. The van der Waals surface area contributed by atoms with Crippen LogP contribution in [0.15, 0.2) is 0 Å². The maximum Gasteiger partial charge on any atom is 0.0810 e. The first-order valence-electron chi connectivity index (χ1n) is 11.0. The minimum Gasteiger partial charge on any atom is -0.373 e. The van der Waals surface area contributed by atoms with E-state index in [0.29, 0.717) is 6.10 Å². The Labute approximate surface area is 144 Å². The van der Waals surface area contributed by atoms with E-state index in [-0.39, 0.29) is 0 Å². The van der Waals surface area contributed by atoms with Crippen LogP contribution in [0.25, 0.3) is 0 Å². The van der Waals surface area contributed by atoms with Crippen LogP contribution >= 0.6 is 0 Å². The van der Waals surface area contributed by atoms with Gasteiger partial charge in [-0.05, 0) is 55.8 Å². The van der Waals surface area contributed by atoms with E-state index < -0.39 is 0 Å². The first kappa shape index (κ1) is 17.8. The minimum atomic E-state index is 0.652. The lowest BCUT2D eigenvalue weighted by Crippen LogP contribution is -2.26. The maximum absolute atomic E-state index is 5.33. The summed E-state index contributed by atoms with van der Waals surface area (Å²) in [6.07, 6.45) is 23.1. The number of epoxide rings is 1. The molecule has 3 aliphatic rings. The van der Waals surface area contributed by atoms with Crippen molar-refractivity contribution in [2.75, 3.05) is 6.61 Å². The number of unbranched alkanes of at least 4 members (excludes halogenated alkanes) is 2. The molecule has 23 heavy (non-hydrogen) atoms. The number of hydrogen-bond donors (Lipinski definition) is 0. The highest BCUT2D eigenvalue weighted by Crippen LogP contribution is 2.43. The molecule has 0 radical (unpaired) electrons. The molecular weight excluding hydrogens is 280 g/mol. The molecule has 0 aromatic heterocycles. The second kappa shape index (κ2) is 9.44. The molecule has 3 rings (SSSR count). The topological polar surface area (TPSA) is 12.5 Å². The van der Waals surface area contributed by atoms with Crippen molar-refractivity contribution < 1.29 is 4.74 Å². The van der Waals surface area contributed by atoms with Crippen LogP contribution in [0.1, 0.15) is 103 Å². The van der Waals surface area contributed by atoms with Crippen molar-refractivity contribution in [2.45, 2.75) is 109 Å². The van der Waals surface area contributed by atoms with Gasteiger partial charge in [-0.1, -0.05) is 71.1 Å². The van der Waals surface area contributed by atoms with Gasteiger partial charge in [-0.25, -0.2) is 0 Å². The van der Waals surface area contributed by atoms with Crippen molar-refractivity contribution >= 4 is 0 Å². The molecule has 1 atom stereocenters. The minimum absolute atomic E-state index is 0.652. The number of rotatable bonds is 9. The molecule has 1 heterocycles. The molecule has 0 aromatic rings. The molecule has 3 fully saturated rings. The summed E-state index contributed by atoms with van der Waals surface area (Å²) in [6.45, 7) is 3.38. The summed E-state index contributed by atoms with van der Waals surface area (Å²) in [5.74, 6) is 4.32. The largest absolute Gasteiger partial charge is 0.373 e. The monoisotopic (exact) mass is 320 g/mol. The van der Waals surface area contributed by atoms with Crippen molar-refractivity contribution in [2.24, 2.45) is 23.7 Å². The molecule has 0 spiro atoms. The van der Waals surface area contributed by atoms with Gasteiger partial charge >= 0.3 is 0 Å². The van der Waals surface area contributed by atoms with Crippen molar-refractivity contribution in [1.82, 2.24) is 0 Å². The SMILES string of the molecule is CCCCCC1CCC(C2CCC(CCCC3CO3)CC2)CC1. The van der Waals surface area contributed by atoms with E-state index in [9.17, 15) is 0 Å². The zero-order valence-corrected chi connectivity index (χ0v) is 15.6. The first-order chi connectivity index (χ1) is 11.3. The van der Waals surface area contributed by atoms with Gasteiger partial charge in [0.05, 0.1) is 12.7 Å². The third kappa shape index (κ3) is 6.07. The molecule has 1 aliphatic heterocycles. The Bertz CT molecular complexity index is 306. The van der Waals surface area contributed by atoms with Crippen LogP contribution in [-0.4, -0.2) is 12.7 Å². The Balaban J connectivity index is 1.26. The van der Waals surface area contributed by atoms with Gasteiger partial charge in [0.2, 0.25) is 0 Å². The van der Waals surface area contributed by atoms with Crippen LogP contribution in [0, 0.1) is 23.7 Å². The van der Waals surface area contributed by atoms with Crippen LogP contribution in [0.3, 0.4) is 0 Å². The highest BCUT2D eigenvalue weighted by atomic mass is 16.6. The van der Waals surface area contributed by atoms with Gasteiger partial charge in [0.15, 0.2) is 0 Å². The molecule has 2 saturated carbocycles. The van der Waals surface area contributed by atoms with Crippen LogP contribution in [0.2, 0.25) is 0 Å². The van der Waals surface area contributed by atoms with E-state index in [1.807, 2.05) is 0 Å². The third-order valence-electron chi connectivity index (χ3n) is 7.21. The molecule has 0 aromatic carbocycles. The van der Waals surface area contributed by atoms with Gasteiger partial charge in [-0.15, -0.1) is 0 Å². The molecule has 1 heteroatoms. The summed E-state index contributed by atoms with van der Waals surface area (Å²) in [5.41, 5.74) is 0. The molecule has 1 nitrogen and oxygen atoms in total. The highest BCUT2D eigenvalue weighted by Gasteiger charge is 2.31. The Morgan fingerprint density at radius 3 is 1.65 bits per heavy atom. The molecule has 1 saturated heterocycles. The molecule has 0 N–H and O–H groups in total. The fourth-order valence-electron chi connectivity index (χ4n) is 5.45. The van der Waals surface area contributed by atoms with E-state index in [1.54, 1.807) is 38.5 Å². The van der Waals surface area contributed by atoms with Crippen molar-refractivity contribution in [3.05, 3.63) is 0 Å².